The molecule has 0 radical (unpaired) electrons. The zero-order chi connectivity index (χ0) is 9.84. The molecule has 1 amide bonds. The number of carbonyl (C=O) groups is 1. The molecule has 0 aliphatic carbocycles. The Hall–Kier alpha value is -0.530. The van der Waals surface area contributed by atoms with Crippen molar-refractivity contribution in [2.75, 3.05) is 13.1 Å². The van der Waals surface area contributed by atoms with Gasteiger partial charge in [-0.05, 0) is 24.7 Å². The van der Waals surface area contributed by atoms with Crippen LogP contribution < -0.4 is 0 Å². The van der Waals surface area contributed by atoms with Gasteiger partial charge in [-0.3, -0.25) is 4.79 Å². The Morgan fingerprint density at radius 1 is 1.31 bits per heavy atom. The van der Waals surface area contributed by atoms with Crippen LogP contribution in [0.1, 0.15) is 40.0 Å². The van der Waals surface area contributed by atoms with Gasteiger partial charge in [-0.15, -0.1) is 0 Å². The van der Waals surface area contributed by atoms with Crippen molar-refractivity contribution in [1.82, 2.24) is 4.90 Å². The molecule has 13 heavy (non-hydrogen) atoms. The average molecular weight is 183 g/mol. The number of likely N-dealkylation sites (tertiary alicyclic amines) is 1. The van der Waals surface area contributed by atoms with E-state index in [0.717, 1.165) is 25.9 Å². The minimum absolute atomic E-state index is 0.348. The van der Waals surface area contributed by atoms with E-state index >= 15 is 0 Å². The van der Waals surface area contributed by atoms with Gasteiger partial charge >= 0.3 is 0 Å². The lowest BCUT2D eigenvalue weighted by Crippen LogP contribution is -2.42. The lowest BCUT2D eigenvalue weighted by Gasteiger charge is -2.35. The fourth-order valence-electron chi connectivity index (χ4n) is 2.24. The zero-order valence-electron chi connectivity index (χ0n) is 9.05. The summed E-state index contributed by atoms with van der Waals surface area (Å²) >= 11 is 0. The summed E-state index contributed by atoms with van der Waals surface area (Å²) in [5.74, 6) is 1.72. The summed E-state index contributed by atoms with van der Waals surface area (Å²) in [5, 5.41) is 0. The third-order valence-electron chi connectivity index (χ3n) is 2.69. The van der Waals surface area contributed by atoms with E-state index < -0.39 is 0 Å². The smallest absolute Gasteiger partial charge is 0.222 e. The number of rotatable bonds is 2. The third-order valence-corrected chi connectivity index (χ3v) is 2.69. The molecule has 0 bridgehead atoms. The standard InChI is InChI=1S/C11H21NO/c1-4-5-11(13)12-7-9(2)6-10(3)8-12/h9-10H,4-8H2,1-3H3. The Morgan fingerprint density at radius 2 is 1.85 bits per heavy atom. The van der Waals surface area contributed by atoms with Crippen LogP contribution >= 0.6 is 0 Å². The van der Waals surface area contributed by atoms with Gasteiger partial charge in [0.15, 0.2) is 0 Å². The van der Waals surface area contributed by atoms with Gasteiger partial charge in [-0.2, -0.15) is 0 Å². The SMILES string of the molecule is CCCC(=O)N1CC(C)CC(C)C1. The normalized spacial score (nSPS) is 29.0. The van der Waals surface area contributed by atoms with Gasteiger partial charge in [0.2, 0.25) is 5.91 Å². The van der Waals surface area contributed by atoms with Crippen LogP contribution in [0.15, 0.2) is 0 Å². The van der Waals surface area contributed by atoms with Gasteiger partial charge in [0.1, 0.15) is 0 Å². The summed E-state index contributed by atoms with van der Waals surface area (Å²) in [6.07, 6.45) is 2.97. The molecule has 1 saturated heterocycles. The number of piperidine rings is 1. The molecule has 0 aromatic rings. The number of carbonyl (C=O) groups excluding carboxylic acids is 1. The van der Waals surface area contributed by atoms with Crippen LogP contribution in [0, 0.1) is 11.8 Å². The van der Waals surface area contributed by atoms with Crippen molar-refractivity contribution in [3.8, 4) is 0 Å². The maximum absolute atomic E-state index is 11.6. The average Bonchev–Trinajstić information content (AvgIpc) is 2.03. The summed E-state index contributed by atoms with van der Waals surface area (Å²) in [6.45, 7) is 8.49. The molecule has 0 spiro atoms. The highest BCUT2D eigenvalue weighted by molar-refractivity contribution is 5.76. The molecule has 2 nitrogen and oxygen atoms in total. The molecule has 1 heterocycles. The monoisotopic (exact) mass is 183 g/mol. The van der Waals surface area contributed by atoms with Crippen molar-refractivity contribution >= 4 is 5.91 Å². The highest BCUT2D eigenvalue weighted by Gasteiger charge is 2.24. The Morgan fingerprint density at radius 3 is 2.31 bits per heavy atom. The molecular formula is C11H21NO. The van der Waals surface area contributed by atoms with Gasteiger partial charge in [0.25, 0.3) is 0 Å². The Labute approximate surface area is 81.3 Å². The Balaban J connectivity index is 2.45. The van der Waals surface area contributed by atoms with Crippen molar-refractivity contribution in [1.29, 1.82) is 0 Å². The van der Waals surface area contributed by atoms with Gasteiger partial charge < -0.3 is 4.90 Å². The van der Waals surface area contributed by atoms with Crippen LogP contribution in [-0.2, 0) is 4.79 Å². The molecule has 2 heteroatoms. The second kappa shape index (κ2) is 4.64. The van der Waals surface area contributed by atoms with Crippen LogP contribution in [0.5, 0.6) is 0 Å². The minimum atomic E-state index is 0.348. The summed E-state index contributed by atoms with van der Waals surface area (Å²) in [4.78, 5) is 13.7. The lowest BCUT2D eigenvalue weighted by atomic mass is 9.92. The fourth-order valence-corrected chi connectivity index (χ4v) is 2.24. The number of hydrogen-bond acceptors (Lipinski definition) is 1. The number of nitrogens with zero attached hydrogens (tertiary/aromatic N) is 1. The zero-order valence-corrected chi connectivity index (χ0v) is 9.05. The highest BCUT2D eigenvalue weighted by Crippen LogP contribution is 2.21. The fraction of sp³-hybridized carbons (Fsp3) is 0.909. The van der Waals surface area contributed by atoms with Gasteiger partial charge in [0.05, 0.1) is 0 Å². The summed E-state index contributed by atoms with van der Waals surface area (Å²) in [6, 6.07) is 0. The first-order valence-corrected chi connectivity index (χ1v) is 5.41. The van der Waals surface area contributed by atoms with Crippen LogP contribution in [0.4, 0.5) is 0 Å². The molecule has 1 aliphatic heterocycles. The quantitative estimate of drug-likeness (QED) is 0.643. The Bertz CT molecular complexity index is 169. The molecular weight excluding hydrogens is 162 g/mol. The van der Waals surface area contributed by atoms with E-state index in [9.17, 15) is 4.79 Å². The highest BCUT2D eigenvalue weighted by atomic mass is 16.2. The van der Waals surface area contributed by atoms with Crippen LogP contribution in [0.2, 0.25) is 0 Å². The van der Waals surface area contributed by atoms with Crippen LogP contribution in [0.3, 0.4) is 0 Å². The van der Waals surface area contributed by atoms with E-state index in [1.54, 1.807) is 0 Å². The van der Waals surface area contributed by atoms with Crippen molar-refractivity contribution in [2.24, 2.45) is 11.8 Å². The maximum atomic E-state index is 11.6. The molecule has 1 aliphatic rings. The van der Waals surface area contributed by atoms with Crippen LogP contribution in [-0.4, -0.2) is 23.9 Å². The first-order chi connectivity index (χ1) is 6.13. The van der Waals surface area contributed by atoms with E-state index in [0.29, 0.717) is 17.7 Å². The van der Waals surface area contributed by atoms with E-state index in [2.05, 4.69) is 20.8 Å². The molecule has 76 valence electrons. The van der Waals surface area contributed by atoms with Gasteiger partial charge in [0, 0.05) is 19.5 Å². The van der Waals surface area contributed by atoms with E-state index in [4.69, 9.17) is 0 Å². The van der Waals surface area contributed by atoms with Crippen molar-refractivity contribution in [3.63, 3.8) is 0 Å². The van der Waals surface area contributed by atoms with Gasteiger partial charge in [-0.25, -0.2) is 0 Å². The molecule has 1 rings (SSSR count). The molecule has 0 saturated carbocycles. The second-order valence-corrected chi connectivity index (χ2v) is 4.49. The minimum Gasteiger partial charge on any atom is -0.342 e. The predicted octanol–water partition coefficient (Wildman–Crippen LogP) is 2.29. The van der Waals surface area contributed by atoms with E-state index in [1.807, 2.05) is 4.90 Å². The molecule has 2 unspecified atom stereocenters. The van der Waals surface area contributed by atoms with Gasteiger partial charge in [-0.1, -0.05) is 20.8 Å². The molecule has 0 aromatic carbocycles. The molecule has 1 fully saturated rings. The first-order valence-electron chi connectivity index (χ1n) is 5.41. The Kier molecular flexibility index (Phi) is 3.76. The second-order valence-electron chi connectivity index (χ2n) is 4.49. The summed E-state index contributed by atoms with van der Waals surface area (Å²) in [7, 11) is 0. The third kappa shape index (κ3) is 3.02. The maximum Gasteiger partial charge on any atom is 0.222 e. The predicted molar refractivity (Wildman–Crippen MR) is 54.4 cm³/mol. The number of amides is 1. The topological polar surface area (TPSA) is 20.3 Å². The lowest BCUT2D eigenvalue weighted by molar-refractivity contribution is -0.133. The molecule has 0 N–H and O–H groups in total. The van der Waals surface area contributed by atoms with Crippen molar-refractivity contribution in [2.45, 2.75) is 40.0 Å². The molecule has 0 aromatic heterocycles. The largest absolute Gasteiger partial charge is 0.342 e. The summed E-state index contributed by atoms with van der Waals surface area (Å²) < 4.78 is 0. The van der Waals surface area contributed by atoms with Crippen molar-refractivity contribution < 1.29 is 4.79 Å². The number of hydrogen-bond donors (Lipinski definition) is 0. The first kappa shape index (κ1) is 10.6. The van der Waals surface area contributed by atoms with Crippen molar-refractivity contribution in [3.05, 3.63) is 0 Å². The van der Waals surface area contributed by atoms with Crippen LogP contribution in [0.25, 0.3) is 0 Å². The molecule has 2 atom stereocenters. The summed E-state index contributed by atoms with van der Waals surface area (Å²) in [5.41, 5.74) is 0. The van der Waals surface area contributed by atoms with E-state index in [1.165, 1.54) is 6.42 Å². The van der Waals surface area contributed by atoms with E-state index in [-0.39, 0.29) is 0 Å².